The minimum Gasteiger partial charge on any atom is -0.326 e. The third-order valence-corrected chi connectivity index (χ3v) is 5.64. The molecule has 2 aliphatic heterocycles. The van der Waals surface area contributed by atoms with Gasteiger partial charge in [-0.1, -0.05) is 12.1 Å². The number of rotatable bonds is 4. The molecule has 160 valence electrons. The Kier molecular flexibility index (Phi) is 5.00. The maximum absolute atomic E-state index is 13.7. The summed E-state index contributed by atoms with van der Waals surface area (Å²) >= 11 is 0. The lowest BCUT2D eigenvalue weighted by molar-refractivity contribution is -0.129. The Morgan fingerprint density at radius 3 is 2.19 bits per heavy atom. The first kappa shape index (κ1) is 20.6. The Hall–Kier alpha value is -3.68. The van der Waals surface area contributed by atoms with E-state index in [9.17, 15) is 19.2 Å². The molecule has 4 rings (SSSR count). The van der Waals surface area contributed by atoms with Crippen LogP contribution in [0, 0.1) is 0 Å². The summed E-state index contributed by atoms with van der Waals surface area (Å²) in [5, 5.41) is 5.54. The van der Waals surface area contributed by atoms with Crippen LogP contribution in [0.5, 0.6) is 0 Å². The first-order chi connectivity index (χ1) is 14.8. The summed E-state index contributed by atoms with van der Waals surface area (Å²) in [5.74, 6) is -1.10. The average molecular weight is 420 g/mol. The summed E-state index contributed by atoms with van der Waals surface area (Å²) in [6.45, 7) is 5.09. The Morgan fingerprint density at radius 2 is 1.58 bits per heavy atom. The molecule has 0 saturated carbocycles. The van der Waals surface area contributed by atoms with Crippen LogP contribution in [0.25, 0.3) is 0 Å². The van der Waals surface area contributed by atoms with Crippen molar-refractivity contribution in [1.29, 1.82) is 0 Å². The van der Waals surface area contributed by atoms with Crippen LogP contribution in [0.1, 0.15) is 44.0 Å². The quantitative estimate of drug-likeness (QED) is 0.794. The van der Waals surface area contributed by atoms with E-state index in [4.69, 9.17) is 0 Å². The molecule has 2 aliphatic rings. The van der Waals surface area contributed by atoms with Crippen LogP contribution in [0.15, 0.2) is 48.5 Å². The van der Waals surface area contributed by atoms with Gasteiger partial charge in [-0.05, 0) is 50.2 Å². The molecule has 1 fully saturated rings. The largest absolute Gasteiger partial charge is 0.326 e. The van der Waals surface area contributed by atoms with Gasteiger partial charge in [0.1, 0.15) is 0 Å². The second-order valence-electron chi connectivity index (χ2n) is 8.04. The van der Waals surface area contributed by atoms with Gasteiger partial charge >= 0.3 is 0 Å². The Bertz CT molecular complexity index is 1080. The number of fused-ring (bicyclic) bond motifs is 3. The summed E-state index contributed by atoms with van der Waals surface area (Å²) in [5.41, 5.74) is 0.541. The van der Waals surface area contributed by atoms with Gasteiger partial charge in [0.15, 0.2) is 0 Å². The fourth-order valence-electron chi connectivity index (χ4n) is 4.48. The number of hydrogen-bond donors (Lipinski definition) is 2. The van der Waals surface area contributed by atoms with Gasteiger partial charge in [0.05, 0.1) is 11.3 Å². The van der Waals surface area contributed by atoms with Crippen molar-refractivity contribution in [3.8, 4) is 0 Å². The summed E-state index contributed by atoms with van der Waals surface area (Å²) < 4.78 is 0. The zero-order chi connectivity index (χ0) is 22.3. The van der Waals surface area contributed by atoms with E-state index in [2.05, 4.69) is 10.6 Å². The highest BCUT2D eigenvalue weighted by molar-refractivity contribution is 6.18. The molecule has 8 nitrogen and oxygen atoms in total. The van der Waals surface area contributed by atoms with Gasteiger partial charge in [-0.25, -0.2) is 0 Å². The van der Waals surface area contributed by atoms with Crippen molar-refractivity contribution < 1.29 is 19.2 Å². The number of anilines is 3. The molecule has 0 aliphatic carbocycles. The third-order valence-electron chi connectivity index (χ3n) is 5.64. The molecule has 0 spiro atoms. The van der Waals surface area contributed by atoms with Gasteiger partial charge < -0.3 is 15.5 Å². The van der Waals surface area contributed by atoms with Gasteiger partial charge in [0, 0.05) is 37.2 Å². The number of amides is 4. The highest BCUT2D eigenvalue weighted by Crippen LogP contribution is 2.45. The van der Waals surface area contributed by atoms with Crippen molar-refractivity contribution in [1.82, 2.24) is 4.90 Å². The van der Waals surface area contributed by atoms with Crippen molar-refractivity contribution in [3.63, 3.8) is 0 Å². The molecule has 4 amide bonds. The predicted molar refractivity (Wildman–Crippen MR) is 117 cm³/mol. The van der Waals surface area contributed by atoms with E-state index in [0.29, 0.717) is 22.6 Å². The van der Waals surface area contributed by atoms with E-state index in [1.807, 2.05) is 13.8 Å². The summed E-state index contributed by atoms with van der Waals surface area (Å²) in [6, 6.07) is 13.3. The van der Waals surface area contributed by atoms with Crippen molar-refractivity contribution in [2.75, 3.05) is 15.5 Å². The molecule has 0 bridgehead atoms. The fraction of sp³-hybridized carbons (Fsp3) is 0.304. The van der Waals surface area contributed by atoms with E-state index in [-0.39, 0.29) is 36.6 Å². The van der Waals surface area contributed by atoms with E-state index in [1.165, 1.54) is 16.7 Å². The van der Waals surface area contributed by atoms with E-state index < -0.39 is 11.6 Å². The van der Waals surface area contributed by atoms with Gasteiger partial charge in [-0.2, -0.15) is 0 Å². The number of nitrogens with zero attached hydrogens (tertiary/aromatic N) is 2. The van der Waals surface area contributed by atoms with E-state index in [1.54, 1.807) is 48.5 Å². The molecular formula is C23H24N4O4. The second-order valence-corrected chi connectivity index (χ2v) is 8.04. The number of carbonyl (C=O) groups is 4. The Morgan fingerprint density at radius 1 is 0.968 bits per heavy atom. The molecule has 2 aromatic rings. The fourth-order valence-corrected chi connectivity index (χ4v) is 4.48. The highest BCUT2D eigenvalue weighted by atomic mass is 16.2. The van der Waals surface area contributed by atoms with Gasteiger partial charge in [-0.15, -0.1) is 0 Å². The van der Waals surface area contributed by atoms with Crippen molar-refractivity contribution in [2.45, 2.75) is 45.3 Å². The van der Waals surface area contributed by atoms with Crippen LogP contribution in [-0.2, 0) is 14.4 Å². The lowest BCUT2D eigenvalue weighted by atomic mass is 9.94. The molecule has 2 N–H and O–H groups in total. The van der Waals surface area contributed by atoms with Crippen molar-refractivity contribution in [3.05, 3.63) is 54.1 Å². The molecule has 1 atom stereocenters. The molecule has 0 aromatic heterocycles. The maximum Gasteiger partial charge on any atom is 0.271 e. The maximum atomic E-state index is 13.7. The normalized spacial score (nSPS) is 19.9. The monoisotopic (exact) mass is 420 g/mol. The third kappa shape index (κ3) is 3.24. The molecule has 8 heteroatoms. The first-order valence-corrected chi connectivity index (χ1v) is 10.2. The molecule has 1 unspecified atom stereocenters. The zero-order valence-electron chi connectivity index (χ0n) is 17.6. The zero-order valence-corrected chi connectivity index (χ0v) is 17.6. The number of nitrogens with one attached hydrogen (secondary N) is 2. The number of benzene rings is 2. The Labute approximate surface area is 180 Å². The lowest BCUT2D eigenvalue weighted by Crippen LogP contribution is -2.70. The molecule has 2 heterocycles. The van der Waals surface area contributed by atoms with Crippen LogP contribution in [0.3, 0.4) is 0 Å². The molecule has 0 radical (unpaired) electrons. The summed E-state index contributed by atoms with van der Waals surface area (Å²) in [6.07, 6.45) is 0.375. The minimum absolute atomic E-state index is 0.166. The topological polar surface area (TPSA) is 98.8 Å². The summed E-state index contributed by atoms with van der Waals surface area (Å²) in [4.78, 5) is 54.2. The van der Waals surface area contributed by atoms with Crippen molar-refractivity contribution in [2.24, 2.45) is 0 Å². The van der Waals surface area contributed by atoms with Crippen molar-refractivity contribution >= 4 is 40.7 Å². The Balaban J connectivity index is 1.75. The van der Waals surface area contributed by atoms with Crippen LogP contribution in [0.2, 0.25) is 0 Å². The summed E-state index contributed by atoms with van der Waals surface area (Å²) in [7, 11) is 0. The average Bonchev–Trinajstić information content (AvgIpc) is 3.07. The lowest BCUT2D eigenvalue weighted by Gasteiger charge is -2.50. The SMILES string of the molecule is CC(=O)Nc1ccc(NC(=O)C23CCC(=O)N2c2ccccc2C(=O)N3C(C)C)cc1. The van der Waals surface area contributed by atoms with Gasteiger partial charge in [-0.3, -0.25) is 24.1 Å². The number of carbonyl (C=O) groups excluding carboxylic acids is 4. The van der Waals surface area contributed by atoms with Crippen LogP contribution in [-0.4, -0.2) is 40.2 Å². The standard InChI is InChI=1S/C23H24N4O4/c1-14(2)26-21(30)18-6-4-5-7-19(18)27-20(29)12-13-23(26,27)22(31)25-17-10-8-16(9-11-17)24-15(3)28/h4-11,14H,12-13H2,1-3H3,(H,24,28)(H,25,31). The first-order valence-electron chi connectivity index (χ1n) is 10.2. The van der Waals surface area contributed by atoms with E-state index >= 15 is 0 Å². The molecule has 2 aromatic carbocycles. The number of para-hydroxylation sites is 1. The van der Waals surface area contributed by atoms with Crippen LogP contribution >= 0.6 is 0 Å². The highest BCUT2D eigenvalue weighted by Gasteiger charge is 2.61. The van der Waals surface area contributed by atoms with Gasteiger partial charge in [0.2, 0.25) is 17.5 Å². The predicted octanol–water partition coefficient (Wildman–Crippen LogP) is 2.97. The smallest absolute Gasteiger partial charge is 0.271 e. The second kappa shape index (κ2) is 7.54. The van der Waals surface area contributed by atoms with Crippen LogP contribution < -0.4 is 15.5 Å². The van der Waals surface area contributed by atoms with Crippen LogP contribution in [0.4, 0.5) is 17.1 Å². The molecule has 1 saturated heterocycles. The molecular weight excluding hydrogens is 396 g/mol. The number of hydrogen-bond acceptors (Lipinski definition) is 4. The van der Waals surface area contributed by atoms with Gasteiger partial charge in [0.25, 0.3) is 11.8 Å². The molecule has 31 heavy (non-hydrogen) atoms. The minimum atomic E-state index is -1.44. The van der Waals surface area contributed by atoms with E-state index in [0.717, 1.165) is 0 Å².